The molecule has 8 heteroatoms. The average molecular weight is 435 g/mol. The summed E-state index contributed by atoms with van der Waals surface area (Å²) < 4.78 is 47.9. The molecule has 1 aromatic carbocycles. The smallest absolute Gasteiger partial charge is 0.294 e. The molecule has 0 radical (unpaired) electrons. The van der Waals surface area contributed by atoms with Gasteiger partial charge in [0.2, 0.25) is 5.90 Å². The molecule has 3 N–H and O–H groups in total. The minimum atomic E-state index is -3.40. The highest BCUT2D eigenvalue weighted by Gasteiger charge is 2.35. The Hall–Kier alpha value is -2.87. The van der Waals surface area contributed by atoms with Gasteiger partial charge in [-0.1, -0.05) is 30.3 Å². The van der Waals surface area contributed by atoms with Gasteiger partial charge in [-0.3, -0.25) is 9.80 Å². The van der Waals surface area contributed by atoms with E-state index in [1.165, 1.54) is 17.9 Å². The molecule has 1 heterocycles. The maximum atomic E-state index is 14.5. The molecule has 0 aliphatic rings. The highest BCUT2D eigenvalue weighted by atomic mass is 19.3. The Kier molecular flexibility index (Phi) is 8.62. The highest BCUT2D eigenvalue weighted by Crippen LogP contribution is 2.35. The molecule has 0 atom stereocenters. The van der Waals surface area contributed by atoms with E-state index in [0.717, 1.165) is 18.4 Å². The largest absolute Gasteiger partial charge is 0.481 e. The van der Waals surface area contributed by atoms with Crippen molar-refractivity contribution in [1.29, 1.82) is 5.41 Å². The maximum Gasteiger partial charge on any atom is 0.294 e. The van der Waals surface area contributed by atoms with Crippen molar-refractivity contribution in [1.82, 2.24) is 9.78 Å². The van der Waals surface area contributed by atoms with Crippen LogP contribution in [0.2, 0.25) is 0 Å². The predicted octanol–water partition coefficient (Wildman–Crippen LogP) is 5.32. The van der Waals surface area contributed by atoms with Gasteiger partial charge in [0.05, 0.1) is 25.2 Å². The second-order valence-corrected chi connectivity index (χ2v) is 7.13. The Balaban J connectivity index is 2.58. The fourth-order valence-electron chi connectivity index (χ4n) is 3.07. The summed E-state index contributed by atoms with van der Waals surface area (Å²) >= 11 is 0. The quantitative estimate of drug-likeness (QED) is 0.302. The van der Waals surface area contributed by atoms with Gasteiger partial charge in [0.15, 0.2) is 0 Å². The van der Waals surface area contributed by atoms with E-state index >= 15 is 0 Å². The van der Waals surface area contributed by atoms with Crippen LogP contribution in [0.4, 0.5) is 13.2 Å². The molecule has 0 fully saturated rings. The lowest BCUT2D eigenvalue weighted by Crippen LogP contribution is -2.15. The van der Waals surface area contributed by atoms with Crippen molar-refractivity contribution in [3.05, 3.63) is 59.3 Å². The number of rotatable bonds is 10. The summed E-state index contributed by atoms with van der Waals surface area (Å²) in [5.41, 5.74) is 8.29. The number of nitrogens with zero attached hydrogens (tertiary/aromatic N) is 2. The van der Waals surface area contributed by atoms with Crippen LogP contribution < -0.4 is 5.73 Å². The van der Waals surface area contributed by atoms with Crippen molar-refractivity contribution in [2.45, 2.75) is 39.0 Å². The van der Waals surface area contributed by atoms with Gasteiger partial charge in [-0.05, 0) is 50.9 Å². The fraction of sp³-hybridized carbons (Fsp3) is 0.391. The summed E-state index contributed by atoms with van der Waals surface area (Å²) in [6.45, 7) is 2.87. The highest BCUT2D eigenvalue weighted by molar-refractivity contribution is 5.92. The first-order valence-electron chi connectivity index (χ1n) is 10.1. The molecule has 0 spiro atoms. The molecule has 0 amide bonds. The molecule has 0 saturated carbocycles. The Bertz CT molecular complexity index is 946. The third-order valence-corrected chi connectivity index (χ3v) is 4.88. The van der Waals surface area contributed by atoms with E-state index in [2.05, 4.69) is 5.10 Å². The number of aryl methyl sites for hydroxylation is 1. The van der Waals surface area contributed by atoms with Crippen molar-refractivity contribution in [3.8, 4) is 11.3 Å². The lowest BCUT2D eigenvalue weighted by Gasteiger charge is -2.12. The van der Waals surface area contributed by atoms with Gasteiger partial charge in [0.1, 0.15) is 5.69 Å². The number of alkyl halides is 3. The average Bonchev–Trinajstić information content (AvgIpc) is 3.21. The first-order valence-corrected chi connectivity index (χ1v) is 10.1. The summed E-state index contributed by atoms with van der Waals surface area (Å²) in [4.78, 5) is 0. The molecule has 31 heavy (non-hydrogen) atoms. The molecule has 0 aliphatic heterocycles. The summed E-state index contributed by atoms with van der Waals surface area (Å²) in [5.74, 6) is -3.44. The Morgan fingerprint density at radius 1 is 1.29 bits per heavy atom. The van der Waals surface area contributed by atoms with Gasteiger partial charge in [0.25, 0.3) is 5.92 Å². The Morgan fingerprint density at radius 3 is 2.52 bits per heavy atom. The Labute approximate surface area is 180 Å². The van der Waals surface area contributed by atoms with Crippen molar-refractivity contribution < 1.29 is 17.9 Å². The number of aromatic nitrogens is 2. The molecular weight excluding hydrogens is 405 g/mol. The van der Waals surface area contributed by atoms with Gasteiger partial charge in [-0.25, -0.2) is 4.68 Å². The number of hydrogen-bond donors (Lipinski definition) is 2. The van der Waals surface area contributed by atoms with Crippen molar-refractivity contribution >= 4 is 11.6 Å². The van der Waals surface area contributed by atoms with Crippen molar-refractivity contribution in [2.24, 2.45) is 5.73 Å². The Morgan fingerprint density at radius 2 is 1.97 bits per heavy atom. The summed E-state index contributed by atoms with van der Waals surface area (Å²) in [6.07, 6.45) is 4.09. The fourth-order valence-corrected chi connectivity index (χ4v) is 3.07. The van der Waals surface area contributed by atoms with E-state index < -0.39 is 24.7 Å². The molecule has 168 valence electrons. The number of nitrogens with one attached hydrogen (secondary N) is 1. The van der Waals surface area contributed by atoms with Crippen LogP contribution in [0.15, 0.2) is 48.1 Å². The number of methoxy groups -OCH3 is 1. The van der Waals surface area contributed by atoms with E-state index in [9.17, 15) is 13.2 Å². The third kappa shape index (κ3) is 6.07. The lowest BCUT2D eigenvalue weighted by molar-refractivity contribution is -0.0233. The second kappa shape index (κ2) is 10.9. The van der Waals surface area contributed by atoms with Crippen LogP contribution in [-0.2, 0) is 17.1 Å². The molecule has 0 bridgehead atoms. The lowest BCUT2D eigenvalue weighted by atomic mass is 10.0. The van der Waals surface area contributed by atoms with Crippen LogP contribution in [0.3, 0.4) is 0 Å². The van der Waals surface area contributed by atoms with Crippen molar-refractivity contribution in [2.75, 3.05) is 20.3 Å². The van der Waals surface area contributed by atoms with E-state index in [1.54, 1.807) is 26.0 Å². The predicted molar refractivity (Wildman–Crippen MR) is 118 cm³/mol. The SMILES string of the molecule is C/C=C(\C=C(\C)C(=N)OC)n1nc(C(F)(F)CCF)cc1-c1ccc(CCCN)cc1. The van der Waals surface area contributed by atoms with Crippen molar-refractivity contribution in [3.63, 3.8) is 0 Å². The molecule has 2 aromatic rings. The summed E-state index contributed by atoms with van der Waals surface area (Å²) in [5, 5.41) is 11.9. The van der Waals surface area contributed by atoms with Crippen LogP contribution in [0.1, 0.15) is 37.9 Å². The first kappa shape index (κ1) is 24.4. The minimum absolute atomic E-state index is 0.0414. The number of hydrogen-bond acceptors (Lipinski definition) is 4. The zero-order valence-electron chi connectivity index (χ0n) is 18.1. The van der Waals surface area contributed by atoms with Crippen LogP contribution in [-0.4, -0.2) is 36.0 Å². The molecule has 2 rings (SSSR count). The van der Waals surface area contributed by atoms with Gasteiger partial charge < -0.3 is 10.5 Å². The number of nitrogens with two attached hydrogens (primary N) is 1. The zero-order chi connectivity index (χ0) is 23.0. The van der Waals surface area contributed by atoms with E-state index in [4.69, 9.17) is 15.9 Å². The maximum absolute atomic E-state index is 14.5. The van der Waals surface area contributed by atoms with Gasteiger partial charge >= 0.3 is 0 Å². The number of halogens is 3. The number of benzene rings is 1. The van der Waals surface area contributed by atoms with E-state index in [-0.39, 0.29) is 5.90 Å². The first-order chi connectivity index (χ1) is 14.8. The van der Waals surface area contributed by atoms with E-state index in [1.807, 2.05) is 24.3 Å². The third-order valence-electron chi connectivity index (χ3n) is 4.88. The summed E-state index contributed by atoms with van der Waals surface area (Å²) in [6, 6.07) is 8.84. The zero-order valence-corrected chi connectivity index (χ0v) is 18.1. The van der Waals surface area contributed by atoms with Gasteiger partial charge in [-0.15, -0.1) is 0 Å². The molecule has 0 unspecified atom stereocenters. The standard InChI is InChI=1S/C23H29F3N4O/c1-4-19(14-16(2)22(28)31-3)30-20(15-21(29-30)23(25,26)11-12-24)18-9-7-17(8-10-18)6-5-13-27/h4,7-10,14-15,28H,5-6,11-13,27H2,1-3H3/b16-14-,19-4+,28-22?. The van der Waals surface area contributed by atoms with Gasteiger partial charge in [0, 0.05) is 17.6 Å². The van der Waals surface area contributed by atoms with Crippen LogP contribution >= 0.6 is 0 Å². The molecule has 5 nitrogen and oxygen atoms in total. The second-order valence-electron chi connectivity index (χ2n) is 7.13. The number of allylic oxidation sites excluding steroid dienone is 3. The van der Waals surface area contributed by atoms with Crippen LogP contribution in [0.5, 0.6) is 0 Å². The minimum Gasteiger partial charge on any atom is -0.481 e. The molecular formula is C23H29F3N4O. The molecule has 0 saturated heterocycles. The topological polar surface area (TPSA) is 76.9 Å². The monoisotopic (exact) mass is 434 g/mol. The van der Waals surface area contributed by atoms with E-state index in [0.29, 0.717) is 29.1 Å². The van der Waals surface area contributed by atoms with Crippen LogP contribution in [0, 0.1) is 5.41 Å². The van der Waals surface area contributed by atoms with Crippen LogP contribution in [0.25, 0.3) is 17.0 Å². The summed E-state index contributed by atoms with van der Waals surface area (Å²) in [7, 11) is 1.39. The normalized spacial score (nSPS) is 12.9. The molecule has 0 aliphatic carbocycles. The molecule has 1 aromatic heterocycles. The number of ether oxygens (including phenoxy) is 1. The van der Waals surface area contributed by atoms with Gasteiger partial charge in [-0.2, -0.15) is 13.9 Å².